The Morgan fingerprint density at radius 1 is 0.367 bits per heavy atom. The van der Waals surface area contributed by atoms with Gasteiger partial charge in [-0.15, -0.1) is 0 Å². The number of phenols is 2. The normalized spacial score (nSPS) is 10.9. The molecule has 0 atom stereocenters. The van der Waals surface area contributed by atoms with Crippen LogP contribution in [0.5, 0.6) is 11.5 Å². The average molecular weight is 388 g/mol. The molecule has 0 aliphatic heterocycles. The molecule has 0 fully saturated rings. The lowest BCUT2D eigenvalue weighted by Gasteiger charge is -2.13. The van der Waals surface area contributed by atoms with E-state index >= 15 is 0 Å². The highest BCUT2D eigenvalue weighted by molar-refractivity contribution is 6.05. The highest BCUT2D eigenvalue weighted by Crippen LogP contribution is 2.38. The van der Waals surface area contributed by atoms with E-state index < -0.39 is 0 Å². The fourth-order valence-electron chi connectivity index (χ4n) is 4.03. The molecule has 0 unspecified atom stereocenters. The van der Waals surface area contributed by atoms with Crippen LogP contribution in [0, 0.1) is 0 Å². The van der Waals surface area contributed by atoms with Gasteiger partial charge in [-0.05, 0) is 56.3 Å². The number of rotatable bonds is 3. The summed E-state index contributed by atoms with van der Waals surface area (Å²) in [6.07, 6.45) is 0. The van der Waals surface area contributed by atoms with Crippen LogP contribution in [-0.2, 0) is 0 Å². The quantitative estimate of drug-likeness (QED) is 0.342. The number of fused-ring (bicyclic) bond motifs is 1. The van der Waals surface area contributed by atoms with Gasteiger partial charge in [-0.3, -0.25) is 0 Å². The topological polar surface area (TPSA) is 40.5 Å². The summed E-state index contributed by atoms with van der Waals surface area (Å²) >= 11 is 0. The van der Waals surface area contributed by atoms with Gasteiger partial charge in [0, 0.05) is 6.07 Å². The standard InChI is InChI=1S/C28H20O2/c29-23-16-22(17-24(30)18-23)26-15-14-25(27-8-4-5-9-28(26)27)21-12-10-20(11-13-21)19-6-2-1-3-7-19/h1-18,29-30H. The van der Waals surface area contributed by atoms with Crippen molar-refractivity contribution in [1.82, 2.24) is 0 Å². The zero-order valence-electron chi connectivity index (χ0n) is 16.3. The van der Waals surface area contributed by atoms with Crippen LogP contribution in [0.2, 0.25) is 0 Å². The highest BCUT2D eigenvalue weighted by atomic mass is 16.3. The van der Waals surface area contributed by atoms with E-state index in [0.717, 1.165) is 33.0 Å². The number of hydrogen-bond acceptors (Lipinski definition) is 2. The van der Waals surface area contributed by atoms with E-state index in [1.54, 1.807) is 12.1 Å². The van der Waals surface area contributed by atoms with Crippen molar-refractivity contribution in [1.29, 1.82) is 0 Å². The maximum atomic E-state index is 9.92. The summed E-state index contributed by atoms with van der Waals surface area (Å²) in [4.78, 5) is 0. The summed E-state index contributed by atoms with van der Waals surface area (Å²) in [5, 5.41) is 22.0. The van der Waals surface area contributed by atoms with Crippen molar-refractivity contribution < 1.29 is 10.2 Å². The summed E-state index contributed by atoms with van der Waals surface area (Å²) in [6.45, 7) is 0. The first kappa shape index (κ1) is 18.0. The lowest BCUT2D eigenvalue weighted by atomic mass is 9.91. The molecule has 0 aliphatic rings. The molecule has 2 nitrogen and oxygen atoms in total. The van der Waals surface area contributed by atoms with Crippen LogP contribution in [0.1, 0.15) is 0 Å². The van der Waals surface area contributed by atoms with Crippen LogP contribution >= 0.6 is 0 Å². The van der Waals surface area contributed by atoms with Crippen LogP contribution < -0.4 is 0 Å². The van der Waals surface area contributed by atoms with E-state index in [1.807, 2.05) is 18.2 Å². The third-order valence-corrected chi connectivity index (χ3v) is 5.44. The molecular weight excluding hydrogens is 368 g/mol. The van der Waals surface area contributed by atoms with E-state index in [2.05, 4.69) is 72.8 Å². The zero-order chi connectivity index (χ0) is 20.5. The molecule has 0 amide bonds. The Labute approximate surface area is 175 Å². The molecule has 30 heavy (non-hydrogen) atoms. The molecule has 0 bridgehead atoms. The summed E-state index contributed by atoms with van der Waals surface area (Å²) < 4.78 is 0. The van der Waals surface area contributed by atoms with Crippen molar-refractivity contribution >= 4 is 10.8 Å². The number of benzene rings is 5. The fourth-order valence-corrected chi connectivity index (χ4v) is 4.03. The van der Waals surface area contributed by atoms with Crippen molar-refractivity contribution in [2.75, 3.05) is 0 Å². The molecule has 0 aliphatic carbocycles. The summed E-state index contributed by atoms with van der Waals surface area (Å²) in [5.74, 6) is 0.101. The van der Waals surface area contributed by atoms with E-state index in [9.17, 15) is 10.2 Å². The molecule has 5 rings (SSSR count). The second-order valence-electron chi connectivity index (χ2n) is 7.39. The Hall–Kier alpha value is -4.04. The molecule has 5 aromatic rings. The summed E-state index contributed by atoms with van der Waals surface area (Å²) in [5.41, 5.74) is 6.45. The van der Waals surface area contributed by atoms with Gasteiger partial charge in [-0.25, -0.2) is 0 Å². The Bertz CT molecular complexity index is 1320. The minimum Gasteiger partial charge on any atom is -0.508 e. The monoisotopic (exact) mass is 388 g/mol. The molecule has 0 saturated carbocycles. The third-order valence-electron chi connectivity index (χ3n) is 5.44. The largest absolute Gasteiger partial charge is 0.508 e. The van der Waals surface area contributed by atoms with Crippen molar-refractivity contribution in [3.8, 4) is 44.9 Å². The molecule has 0 spiro atoms. The Kier molecular flexibility index (Phi) is 4.45. The number of phenolic OH excluding ortho intramolecular Hbond substituents is 2. The molecule has 2 heteroatoms. The highest BCUT2D eigenvalue weighted by Gasteiger charge is 2.11. The van der Waals surface area contributed by atoms with Crippen LogP contribution in [0.3, 0.4) is 0 Å². The second-order valence-corrected chi connectivity index (χ2v) is 7.39. The SMILES string of the molecule is Oc1cc(O)cc(-c2ccc(-c3ccc(-c4ccccc4)cc3)c3ccccc23)c1. The van der Waals surface area contributed by atoms with E-state index in [1.165, 1.54) is 17.2 Å². The fraction of sp³-hybridized carbons (Fsp3) is 0. The molecule has 0 heterocycles. The second kappa shape index (κ2) is 7.41. The van der Waals surface area contributed by atoms with E-state index in [4.69, 9.17) is 0 Å². The lowest BCUT2D eigenvalue weighted by molar-refractivity contribution is 0.451. The maximum absolute atomic E-state index is 9.92. The smallest absolute Gasteiger partial charge is 0.119 e. The molecule has 0 saturated heterocycles. The lowest BCUT2D eigenvalue weighted by Crippen LogP contribution is -1.87. The molecular formula is C28H20O2. The summed E-state index contributed by atoms with van der Waals surface area (Å²) in [7, 11) is 0. The van der Waals surface area contributed by atoms with Gasteiger partial charge >= 0.3 is 0 Å². The first-order valence-electron chi connectivity index (χ1n) is 9.90. The van der Waals surface area contributed by atoms with E-state index in [0.29, 0.717) is 0 Å². The zero-order valence-corrected chi connectivity index (χ0v) is 16.3. The van der Waals surface area contributed by atoms with Gasteiger partial charge in [0.15, 0.2) is 0 Å². The minimum atomic E-state index is 0.0506. The third kappa shape index (κ3) is 3.29. The van der Waals surface area contributed by atoms with Gasteiger partial charge in [0.05, 0.1) is 0 Å². The van der Waals surface area contributed by atoms with Gasteiger partial charge < -0.3 is 10.2 Å². The average Bonchev–Trinajstić information content (AvgIpc) is 2.78. The van der Waals surface area contributed by atoms with Crippen molar-refractivity contribution in [2.24, 2.45) is 0 Å². The maximum Gasteiger partial charge on any atom is 0.119 e. The number of hydrogen-bond donors (Lipinski definition) is 2. The molecule has 0 aromatic heterocycles. The Morgan fingerprint density at radius 3 is 1.43 bits per heavy atom. The molecule has 2 N–H and O–H groups in total. The van der Waals surface area contributed by atoms with Crippen molar-refractivity contribution in [3.05, 3.63) is 109 Å². The number of aromatic hydroxyl groups is 2. The Morgan fingerprint density at radius 2 is 0.833 bits per heavy atom. The van der Waals surface area contributed by atoms with Gasteiger partial charge in [0.2, 0.25) is 0 Å². The van der Waals surface area contributed by atoms with Gasteiger partial charge in [0.1, 0.15) is 11.5 Å². The van der Waals surface area contributed by atoms with E-state index in [-0.39, 0.29) is 11.5 Å². The molecule has 144 valence electrons. The van der Waals surface area contributed by atoms with Gasteiger partial charge in [-0.2, -0.15) is 0 Å². The predicted molar refractivity (Wildman–Crippen MR) is 124 cm³/mol. The van der Waals surface area contributed by atoms with Crippen LogP contribution in [0.25, 0.3) is 44.2 Å². The van der Waals surface area contributed by atoms with Gasteiger partial charge in [-0.1, -0.05) is 91.0 Å². The van der Waals surface area contributed by atoms with Gasteiger partial charge in [0.25, 0.3) is 0 Å². The summed E-state index contributed by atoms with van der Waals surface area (Å²) in [6, 6.07) is 36.1. The van der Waals surface area contributed by atoms with Crippen molar-refractivity contribution in [3.63, 3.8) is 0 Å². The van der Waals surface area contributed by atoms with Crippen LogP contribution in [-0.4, -0.2) is 10.2 Å². The first-order valence-corrected chi connectivity index (χ1v) is 9.90. The molecule has 0 radical (unpaired) electrons. The van der Waals surface area contributed by atoms with Crippen molar-refractivity contribution in [2.45, 2.75) is 0 Å². The molecule has 5 aromatic carbocycles. The Balaban J connectivity index is 1.63. The minimum absolute atomic E-state index is 0.0506. The van der Waals surface area contributed by atoms with Crippen LogP contribution in [0.4, 0.5) is 0 Å². The van der Waals surface area contributed by atoms with Crippen LogP contribution in [0.15, 0.2) is 109 Å². The predicted octanol–water partition coefficient (Wildman–Crippen LogP) is 7.25. The first-order chi connectivity index (χ1) is 14.7.